The molecule has 1 aliphatic rings. The third-order valence-electron chi connectivity index (χ3n) is 5.38. The minimum atomic E-state index is -1.04. The molecule has 0 radical (unpaired) electrons. The largest absolute Gasteiger partial charge is 0.465 e. The highest BCUT2D eigenvalue weighted by molar-refractivity contribution is 5.72. The summed E-state index contributed by atoms with van der Waals surface area (Å²) < 4.78 is 15.0. The lowest BCUT2D eigenvalue weighted by molar-refractivity contribution is 0.118. The van der Waals surface area contributed by atoms with Gasteiger partial charge in [-0.25, -0.2) is 9.18 Å². The number of aryl methyl sites for hydroxylation is 1. The molecule has 0 spiro atoms. The van der Waals surface area contributed by atoms with E-state index in [-0.39, 0.29) is 24.9 Å². The zero-order valence-corrected chi connectivity index (χ0v) is 15.9. The van der Waals surface area contributed by atoms with E-state index >= 15 is 0 Å². The molecular weight excluding hydrogens is 375 g/mol. The molecule has 1 amide bonds. The molecule has 1 aliphatic heterocycles. The first-order valence-electron chi connectivity index (χ1n) is 9.32. The molecule has 8 heteroatoms. The van der Waals surface area contributed by atoms with Crippen molar-refractivity contribution < 1.29 is 19.4 Å². The van der Waals surface area contributed by atoms with Gasteiger partial charge in [0.05, 0.1) is 24.0 Å². The number of pyridine rings is 1. The number of benzene rings is 1. The Morgan fingerprint density at radius 1 is 1.24 bits per heavy atom. The second kappa shape index (κ2) is 7.63. The minimum Gasteiger partial charge on any atom is -0.465 e. The lowest BCUT2D eigenvalue weighted by Crippen LogP contribution is -2.36. The standard InChI is InChI=1S/C21H21FN4O3/c1-25-7-6-19(24-25)17-9-20(13-2-4-15(22)5-3-13)23-10-18(17)14-8-16(12-27)26(11-14)21(28)29/h2-7,9-10,14,16,27H,8,11-12H2,1H3,(H,28,29). The first kappa shape index (κ1) is 19.1. The molecule has 3 heterocycles. The smallest absolute Gasteiger partial charge is 0.407 e. The van der Waals surface area contributed by atoms with Crippen LogP contribution in [0.2, 0.25) is 0 Å². The van der Waals surface area contributed by atoms with E-state index in [0.29, 0.717) is 12.1 Å². The van der Waals surface area contributed by atoms with Gasteiger partial charge in [0, 0.05) is 43.0 Å². The quantitative estimate of drug-likeness (QED) is 0.707. The van der Waals surface area contributed by atoms with Gasteiger partial charge in [0.25, 0.3) is 0 Å². The first-order chi connectivity index (χ1) is 14.0. The number of halogens is 1. The summed E-state index contributed by atoms with van der Waals surface area (Å²) in [5.41, 5.74) is 3.95. The Balaban J connectivity index is 1.77. The maximum absolute atomic E-state index is 13.3. The van der Waals surface area contributed by atoms with Crippen molar-refractivity contribution in [2.45, 2.75) is 18.4 Å². The Hall–Kier alpha value is -3.26. The van der Waals surface area contributed by atoms with Crippen LogP contribution >= 0.6 is 0 Å². The monoisotopic (exact) mass is 396 g/mol. The van der Waals surface area contributed by atoms with Crippen LogP contribution in [-0.4, -0.2) is 55.2 Å². The van der Waals surface area contributed by atoms with Crippen LogP contribution < -0.4 is 0 Å². The number of likely N-dealkylation sites (tertiary alicyclic amines) is 1. The molecule has 0 aliphatic carbocycles. The van der Waals surface area contributed by atoms with Gasteiger partial charge in [0.15, 0.2) is 0 Å². The molecule has 7 nitrogen and oxygen atoms in total. The van der Waals surface area contributed by atoms with Crippen molar-refractivity contribution in [3.05, 3.63) is 60.2 Å². The second-order valence-corrected chi connectivity index (χ2v) is 7.24. The van der Waals surface area contributed by atoms with Crippen LogP contribution in [-0.2, 0) is 7.05 Å². The van der Waals surface area contributed by atoms with Gasteiger partial charge in [-0.05, 0) is 48.4 Å². The Morgan fingerprint density at radius 2 is 2.00 bits per heavy atom. The summed E-state index contributed by atoms with van der Waals surface area (Å²) in [4.78, 5) is 17.4. The highest BCUT2D eigenvalue weighted by Crippen LogP contribution is 2.38. The van der Waals surface area contributed by atoms with Crippen LogP contribution in [0.1, 0.15) is 17.9 Å². The first-order valence-corrected chi connectivity index (χ1v) is 9.32. The summed E-state index contributed by atoms with van der Waals surface area (Å²) in [7, 11) is 1.83. The molecule has 150 valence electrons. The molecule has 2 unspecified atom stereocenters. The van der Waals surface area contributed by atoms with Gasteiger partial charge in [0.1, 0.15) is 5.82 Å². The maximum Gasteiger partial charge on any atom is 0.407 e. The number of aromatic nitrogens is 3. The van der Waals surface area contributed by atoms with Gasteiger partial charge in [0.2, 0.25) is 0 Å². The van der Waals surface area contributed by atoms with Crippen LogP contribution in [0.3, 0.4) is 0 Å². The van der Waals surface area contributed by atoms with Crippen LogP contribution in [0.25, 0.3) is 22.5 Å². The third kappa shape index (κ3) is 3.71. The summed E-state index contributed by atoms with van der Waals surface area (Å²) in [6.07, 6.45) is 3.06. The fraction of sp³-hybridized carbons (Fsp3) is 0.286. The second-order valence-electron chi connectivity index (χ2n) is 7.24. The Kier molecular flexibility index (Phi) is 5.02. The van der Waals surface area contributed by atoms with Crippen molar-refractivity contribution in [2.75, 3.05) is 13.2 Å². The van der Waals surface area contributed by atoms with Crippen molar-refractivity contribution in [3.63, 3.8) is 0 Å². The van der Waals surface area contributed by atoms with Gasteiger partial charge >= 0.3 is 6.09 Å². The van der Waals surface area contributed by atoms with Crippen molar-refractivity contribution in [3.8, 4) is 22.5 Å². The predicted molar refractivity (Wildman–Crippen MR) is 105 cm³/mol. The fourth-order valence-corrected chi connectivity index (χ4v) is 3.90. The van der Waals surface area contributed by atoms with E-state index in [1.165, 1.54) is 17.0 Å². The number of amides is 1. The van der Waals surface area contributed by atoms with Gasteiger partial charge in [-0.3, -0.25) is 9.67 Å². The van der Waals surface area contributed by atoms with Crippen LogP contribution in [0.15, 0.2) is 48.8 Å². The minimum absolute atomic E-state index is 0.102. The zero-order valence-electron chi connectivity index (χ0n) is 15.9. The molecule has 0 bridgehead atoms. The molecule has 1 aromatic carbocycles. The summed E-state index contributed by atoms with van der Waals surface area (Å²) >= 11 is 0. The molecule has 2 N–H and O–H groups in total. The number of aliphatic hydroxyl groups excluding tert-OH is 1. The van der Waals surface area contributed by atoms with Crippen molar-refractivity contribution in [1.82, 2.24) is 19.7 Å². The highest BCUT2D eigenvalue weighted by atomic mass is 19.1. The fourth-order valence-electron chi connectivity index (χ4n) is 3.90. The average molecular weight is 396 g/mol. The van der Waals surface area contributed by atoms with Crippen molar-refractivity contribution >= 4 is 6.09 Å². The predicted octanol–water partition coefficient (Wildman–Crippen LogP) is 3.12. The van der Waals surface area contributed by atoms with E-state index in [4.69, 9.17) is 0 Å². The normalized spacial score (nSPS) is 18.9. The summed E-state index contributed by atoms with van der Waals surface area (Å²) in [6, 6.07) is 9.47. The van der Waals surface area contributed by atoms with Crippen LogP contribution in [0.4, 0.5) is 9.18 Å². The molecular formula is C21H21FN4O3. The van der Waals surface area contributed by atoms with E-state index in [2.05, 4.69) is 10.1 Å². The summed E-state index contributed by atoms with van der Waals surface area (Å²) in [5, 5.41) is 23.5. The number of hydrogen-bond donors (Lipinski definition) is 2. The van der Waals surface area contributed by atoms with E-state index in [0.717, 1.165) is 22.4 Å². The molecule has 3 aromatic rings. The number of carbonyl (C=O) groups is 1. The Labute approximate surface area is 167 Å². The molecule has 2 aromatic heterocycles. The summed E-state index contributed by atoms with van der Waals surface area (Å²) in [5.74, 6) is -0.417. The van der Waals surface area contributed by atoms with E-state index in [9.17, 15) is 19.4 Å². The van der Waals surface area contributed by atoms with Crippen LogP contribution in [0.5, 0.6) is 0 Å². The van der Waals surface area contributed by atoms with Gasteiger partial charge in [-0.15, -0.1) is 0 Å². The van der Waals surface area contributed by atoms with Gasteiger partial charge in [-0.2, -0.15) is 5.10 Å². The summed E-state index contributed by atoms with van der Waals surface area (Å²) in [6.45, 7) is 0.0702. The third-order valence-corrected chi connectivity index (χ3v) is 5.38. The lowest BCUT2D eigenvalue weighted by Gasteiger charge is -2.18. The topological polar surface area (TPSA) is 91.5 Å². The Morgan fingerprint density at radius 3 is 2.59 bits per heavy atom. The number of carboxylic acid groups (broad SMARTS) is 1. The van der Waals surface area contributed by atoms with E-state index < -0.39 is 12.1 Å². The molecule has 29 heavy (non-hydrogen) atoms. The molecule has 1 saturated heterocycles. The molecule has 0 saturated carbocycles. The van der Waals surface area contributed by atoms with E-state index in [1.807, 2.05) is 25.4 Å². The molecule has 2 atom stereocenters. The Bertz CT molecular complexity index is 1030. The van der Waals surface area contributed by atoms with Gasteiger partial charge in [-0.1, -0.05) is 0 Å². The van der Waals surface area contributed by atoms with Crippen molar-refractivity contribution in [2.24, 2.45) is 7.05 Å². The number of aliphatic hydroxyl groups is 1. The SMILES string of the molecule is Cn1ccc(-c2cc(-c3ccc(F)cc3)ncc2C2CC(CO)N(C(=O)O)C2)n1. The zero-order chi connectivity index (χ0) is 20.5. The number of hydrogen-bond acceptors (Lipinski definition) is 4. The highest BCUT2D eigenvalue weighted by Gasteiger charge is 2.37. The number of nitrogens with zero attached hydrogens (tertiary/aromatic N) is 4. The average Bonchev–Trinajstić information content (AvgIpc) is 3.34. The molecule has 1 fully saturated rings. The van der Waals surface area contributed by atoms with E-state index in [1.54, 1.807) is 23.0 Å². The van der Waals surface area contributed by atoms with Gasteiger partial charge < -0.3 is 15.1 Å². The molecule has 4 rings (SSSR count). The lowest BCUT2D eigenvalue weighted by atomic mass is 9.91. The van der Waals surface area contributed by atoms with Crippen LogP contribution in [0, 0.1) is 5.82 Å². The maximum atomic E-state index is 13.3. The van der Waals surface area contributed by atoms with Crippen molar-refractivity contribution in [1.29, 1.82) is 0 Å². The number of rotatable bonds is 4.